The van der Waals surface area contributed by atoms with Gasteiger partial charge in [-0.3, -0.25) is 0 Å². The number of amidine groups is 1. The summed E-state index contributed by atoms with van der Waals surface area (Å²) < 4.78 is 0. The minimum absolute atomic E-state index is 0.175. The Balaban J connectivity index is 2.47. The fraction of sp³-hybridized carbons (Fsp3) is 0.538. The molecule has 2 rings (SSSR count). The van der Waals surface area contributed by atoms with Gasteiger partial charge in [-0.1, -0.05) is 24.6 Å². The second-order valence-electron chi connectivity index (χ2n) is 4.91. The molecule has 2 aliphatic rings. The zero-order valence-corrected chi connectivity index (χ0v) is 11.6. The molecule has 7 heteroatoms. The zero-order chi connectivity index (χ0) is 14.8. The second-order valence-corrected chi connectivity index (χ2v) is 5.88. The monoisotopic (exact) mass is 289 g/mol. The standard InChI is InChI=1S/C13H14N4O2S/c14-5-8-11(16)17-12(20-7-10(18)19)9(6-15)13(8)3-1-2-4-13/h8H,1-4,7H2,(H2,16,17)(H,18,19)/p-1. The molecule has 0 saturated heterocycles. The maximum atomic E-state index is 10.6. The van der Waals surface area contributed by atoms with Gasteiger partial charge in [0.25, 0.3) is 0 Å². The van der Waals surface area contributed by atoms with Gasteiger partial charge in [-0.15, -0.1) is 0 Å². The molecule has 1 unspecified atom stereocenters. The van der Waals surface area contributed by atoms with Crippen LogP contribution in [0.3, 0.4) is 0 Å². The summed E-state index contributed by atoms with van der Waals surface area (Å²) in [6, 6.07) is 4.28. The molecule has 2 N–H and O–H groups in total. The fourth-order valence-corrected chi connectivity index (χ4v) is 3.82. The number of nitriles is 2. The third kappa shape index (κ3) is 2.25. The molecule has 1 aliphatic carbocycles. The first kappa shape index (κ1) is 14.4. The maximum Gasteiger partial charge on any atom is 0.119 e. The van der Waals surface area contributed by atoms with Crippen LogP contribution in [0.1, 0.15) is 25.7 Å². The van der Waals surface area contributed by atoms with Crippen molar-refractivity contribution in [2.24, 2.45) is 22.1 Å². The van der Waals surface area contributed by atoms with E-state index in [9.17, 15) is 20.4 Å². The molecule has 104 valence electrons. The topological polar surface area (TPSA) is 126 Å². The SMILES string of the molecule is N#CC1=C(SCC(=O)[O-])N=C(N)C(C#N)C12CCCC2. The minimum atomic E-state index is -1.23. The Bertz CT molecular complexity index is 576. The molecule has 1 atom stereocenters. The molecular weight excluding hydrogens is 276 g/mol. The van der Waals surface area contributed by atoms with Gasteiger partial charge in [0, 0.05) is 11.2 Å². The van der Waals surface area contributed by atoms with E-state index >= 15 is 0 Å². The Kier molecular flexibility index (Phi) is 4.01. The molecule has 1 heterocycles. The number of hydrogen-bond acceptors (Lipinski definition) is 7. The van der Waals surface area contributed by atoms with Crippen molar-refractivity contribution in [3.8, 4) is 12.1 Å². The maximum absolute atomic E-state index is 10.6. The van der Waals surface area contributed by atoms with E-state index in [1.54, 1.807) is 0 Å². The van der Waals surface area contributed by atoms with Crippen LogP contribution in [0.25, 0.3) is 0 Å². The highest BCUT2D eigenvalue weighted by atomic mass is 32.2. The molecule has 1 fully saturated rings. The molecular formula is C13H13N4O2S-. The highest BCUT2D eigenvalue weighted by Crippen LogP contribution is 2.53. The first-order chi connectivity index (χ1) is 9.55. The van der Waals surface area contributed by atoms with Crippen molar-refractivity contribution in [1.29, 1.82) is 10.5 Å². The number of thioether (sulfide) groups is 1. The van der Waals surface area contributed by atoms with Crippen LogP contribution in [0.5, 0.6) is 0 Å². The number of aliphatic carboxylic acids is 1. The number of hydrogen-bond donors (Lipinski definition) is 1. The highest BCUT2D eigenvalue weighted by molar-refractivity contribution is 8.03. The van der Waals surface area contributed by atoms with Crippen molar-refractivity contribution in [3.63, 3.8) is 0 Å². The lowest BCUT2D eigenvalue weighted by Crippen LogP contribution is -2.41. The number of rotatable bonds is 3. The normalized spacial score (nSPS) is 24.1. The smallest absolute Gasteiger partial charge is 0.119 e. The molecule has 0 aromatic carbocycles. The lowest BCUT2D eigenvalue weighted by molar-refractivity contribution is -0.301. The van der Waals surface area contributed by atoms with Crippen molar-refractivity contribution in [2.75, 3.05) is 5.75 Å². The van der Waals surface area contributed by atoms with E-state index in [4.69, 9.17) is 5.73 Å². The zero-order valence-electron chi connectivity index (χ0n) is 10.8. The predicted octanol–water partition coefficient (Wildman–Crippen LogP) is 0.276. The number of carboxylic acid groups (broad SMARTS) is 1. The van der Waals surface area contributed by atoms with Crippen LogP contribution in [-0.2, 0) is 4.79 Å². The van der Waals surface area contributed by atoms with Crippen LogP contribution in [0.15, 0.2) is 15.6 Å². The summed E-state index contributed by atoms with van der Waals surface area (Å²) in [4.78, 5) is 14.7. The summed E-state index contributed by atoms with van der Waals surface area (Å²) in [5.74, 6) is -1.94. The van der Waals surface area contributed by atoms with Crippen LogP contribution < -0.4 is 10.8 Å². The predicted molar refractivity (Wildman–Crippen MR) is 71.7 cm³/mol. The number of allylic oxidation sites excluding steroid dienone is 1. The van der Waals surface area contributed by atoms with Gasteiger partial charge >= 0.3 is 0 Å². The molecule has 1 aliphatic heterocycles. The lowest BCUT2D eigenvalue weighted by Gasteiger charge is -2.36. The Morgan fingerprint density at radius 3 is 2.65 bits per heavy atom. The Labute approximate surface area is 121 Å². The summed E-state index contributed by atoms with van der Waals surface area (Å²) in [5.41, 5.74) is 5.68. The van der Waals surface area contributed by atoms with E-state index in [1.807, 2.05) is 0 Å². The number of carbonyl (C=O) groups is 1. The van der Waals surface area contributed by atoms with E-state index in [0.29, 0.717) is 23.4 Å². The van der Waals surface area contributed by atoms with Gasteiger partial charge in [-0.2, -0.15) is 10.5 Å². The van der Waals surface area contributed by atoms with Crippen LogP contribution in [0, 0.1) is 34.0 Å². The van der Waals surface area contributed by atoms with Crippen LogP contribution in [-0.4, -0.2) is 17.6 Å². The molecule has 1 spiro atoms. The molecule has 6 nitrogen and oxygen atoms in total. The molecule has 20 heavy (non-hydrogen) atoms. The third-order valence-electron chi connectivity index (χ3n) is 3.85. The minimum Gasteiger partial charge on any atom is -0.549 e. The van der Waals surface area contributed by atoms with Crippen molar-refractivity contribution in [3.05, 3.63) is 10.6 Å². The molecule has 0 amide bonds. The highest BCUT2D eigenvalue weighted by Gasteiger charge is 2.50. The van der Waals surface area contributed by atoms with Crippen LogP contribution >= 0.6 is 11.8 Å². The lowest BCUT2D eigenvalue weighted by atomic mass is 9.68. The number of nitrogens with two attached hydrogens (primary N) is 1. The average molecular weight is 289 g/mol. The first-order valence-electron chi connectivity index (χ1n) is 6.26. The van der Waals surface area contributed by atoms with Gasteiger partial charge < -0.3 is 15.6 Å². The van der Waals surface area contributed by atoms with E-state index in [0.717, 1.165) is 24.6 Å². The summed E-state index contributed by atoms with van der Waals surface area (Å²) in [6.45, 7) is 0. The number of nitrogens with zero attached hydrogens (tertiary/aromatic N) is 3. The van der Waals surface area contributed by atoms with Crippen LogP contribution in [0.4, 0.5) is 0 Å². The molecule has 0 bridgehead atoms. The summed E-state index contributed by atoms with van der Waals surface area (Å²) in [5, 5.41) is 29.7. The Morgan fingerprint density at radius 2 is 2.15 bits per heavy atom. The van der Waals surface area contributed by atoms with Gasteiger partial charge in [-0.25, -0.2) is 4.99 Å². The largest absolute Gasteiger partial charge is 0.549 e. The molecule has 1 saturated carbocycles. The van der Waals surface area contributed by atoms with E-state index in [1.165, 1.54) is 0 Å². The van der Waals surface area contributed by atoms with E-state index < -0.39 is 17.3 Å². The molecule has 0 radical (unpaired) electrons. The van der Waals surface area contributed by atoms with Gasteiger partial charge in [0.05, 0.1) is 23.7 Å². The van der Waals surface area contributed by atoms with Gasteiger partial charge in [0.2, 0.25) is 0 Å². The summed E-state index contributed by atoms with van der Waals surface area (Å²) >= 11 is 0.933. The average Bonchev–Trinajstić information content (AvgIpc) is 2.86. The summed E-state index contributed by atoms with van der Waals surface area (Å²) in [6.07, 6.45) is 3.27. The molecule has 0 aromatic heterocycles. The Hall–Kier alpha value is -1.99. The number of aliphatic imine (C=N–C) groups is 1. The van der Waals surface area contributed by atoms with Crippen LogP contribution in [0.2, 0.25) is 0 Å². The van der Waals surface area contributed by atoms with Crippen molar-refractivity contribution < 1.29 is 9.90 Å². The fourth-order valence-electron chi connectivity index (χ4n) is 3.00. The Morgan fingerprint density at radius 1 is 1.50 bits per heavy atom. The van der Waals surface area contributed by atoms with Gasteiger partial charge in [-0.05, 0) is 12.8 Å². The summed E-state index contributed by atoms with van der Waals surface area (Å²) in [7, 11) is 0. The van der Waals surface area contributed by atoms with E-state index in [-0.39, 0.29) is 11.6 Å². The quantitative estimate of drug-likeness (QED) is 0.794. The third-order valence-corrected chi connectivity index (χ3v) is 4.80. The van der Waals surface area contributed by atoms with Gasteiger partial charge in [0.15, 0.2) is 0 Å². The number of carboxylic acids is 1. The number of carbonyl (C=O) groups excluding carboxylic acids is 1. The second kappa shape index (κ2) is 5.56. The van der Waals surface area contributed by atoms with Crippen molar-refractivity contribution in [2.45, 2.75) is 25.7 Å². The molecule has 0 aromatic rings. The van der Waals surface area contributed by atoms with E-state index in [2.05, 4.69) is 17.1 Å². The first-order valence-corrected chi connectivity index (χ1v) is 7.25. The van der Waals surface area contributed by atoms with Gasteiger partial charge in [0.1, 0.15) is 16.8 Å². The van der Waals surface area contributed by atoms with Crippen molar-refractivity contribution >= 4 is 23.6 Å². The van der Waals surface area contributed by atoms with Crippen molar-refractivity contribution in [1.82, 2.24) is 0 Å².